The van der Waals surface area contributed by atoms with Crippen molar-refractivity contribution < 1.29 is 14.3 Å². The zero-order chi connectivity index (χ0) is 18.6. The lowest BCUT2D eigenvalue weighted by molar-refractivity contribution is -0.151. The molecule has 4 rings (SSSR count). The molecule has 4 heterocycles. The first-order chi connectivity index (χ1) is 13.2. The Bertz CT molecular complexity index is 952. The Hall–Kier alpha value is -2.58. The second-order valence-corrected chi connectivity index (χ2v) is 7.99. The Morgan fingerprint density at radius 2 is 2.15 bits per heavy atom. The highest BCUT2D eigenvalue weighted by molar-refractivity contribution is 7.13. The van der Waals surface area contributed by atoms with E-state index in [0.717, 1.165) is 17.1 Å². The molecule has 0 radical (unpaired) electrons. The third-order valence-corrected chi connectivity index (χ3v) is 6.21. The largest absolute Gasteiger partial charge is 0.455 e. The average molecular weight is 399 g/mol. The molecule has 0 spiro atoms. The van der Waals surface area contributed by atoms with Crippen LogP contribution in [0.4, 0.5) is 0 Å². The van der Waals surface area contributed by atoms with E-state index in [4.69, 9.17) is 4.74 Å². The number of hydrogen-bond donors (Lipinski definition) is 0. The first-order valence-corrected chi connectivity index (χ1v) is 10.3. The van der Waals surface area contributed by atoms with Crippen LogP contribution in [0, 0.1) is 0 Å². The van der Waals surface area contributed by atoms with Crippen LogP contribution >= 0.6 is 22.7 Å². The Morgan fingerprint density at radius 3 is 3.00 bits per heavy atom. The predicted octanol–water partition coefficient (Wildman–Crippen LogP) is 2.94. The van der Waals surface area contributed by atoms with Crippen LogP contribution in [0.25, 0.3) is 10.7 Å². The summed E-state index contributed by atoms with van der Waals surface area (Å²) >= 11 is 3.16. The smallest absolute Gasteiger partial charge is 0.312 e. The molecule has 0 N–H and O–H groups in total. The van der Waals surface area contributed by atoms with Gasteiger partial charge < -0.3 is 9.64 Å². The lowest BCUT2D eigenvalue weighted by Gasteiger charge is -2.26. The fourth-order valence-electron chi connectivity index (χ4n) is 2.89. The van der Waals surface area contributed by atoms with E-state index in [2.05, 4.69) is 9.97 Å². The van der Waals surface area contributed by atoms with E-state index < -0.39 is 5.97 Å². The van der Waals surface area contributed by atoms with Gasteiger partial charge in [0.2, 0.25) is 0 Å². The summed E-state index contributed by atoms with van der Waals surface area (Å²) in [7, 11) is 0. The standard InChI is InChI=1S/C19H17N3O3S2/c23-17(22-7-4-16-13(10-22)5-8-26-16)11-25-18(24)9-14-12-27-19(21-14)15-3-1-2-6-20-15/h1-3,5-6,8,12H,4,7,9-11H2. The molecule has 8 heteroatoms. The lowest BCUT2D eigenvalue weighted by atomic mass is 10.1. The minimum Gasteiger partial charge on any atom is -0.455 e. The lowest BCUT2D eigenvalue weighted by Crippen LogP contribution is -2.38. The number of ether oxygens (including phenoxy) is 1. The van der Waals surface area contributed by atoms with Crippen LogP contribution in [-0.4, -0.2) is 39.9 Å². The van der Waals surface area contributed by atoms with Crippen LogP contribution < -0.4 is 0 Å². The molecule has 6 nitrogen and oxygen atoms in total. The summed E-state index contributed by atoms with van der Waals surface area (Å²) < 4.78 is 5.17. The topological polar surface area (TPSA) is 72.4 Å². The summed E-state index contributed by atoms with van der Waals surface area (Å²) in [4.78, 5) is 36.1. The number of nitrogens with zero attached hydrogens (tertiary/aromatic N) is 3. The summed E-state index contributed by atoms with van der Waals surface area (Å²) in [5.74, 6) is -0.609. The van der Waals surface area contributed by atoms with E-state index in [9.17, 15) is 9.59 Å². The summed E-state index contributed by atoms with van der Waals surface area (Å²) in [5, 5.41) is 4.62. The molecule has 0 saturated heterocycles. The van der Waals surface area contributed by atoms with Gasteiger partial charge in [-0.2, -0.15) is 0 Å². The normalized spacial score (nSPS) is 13.3. The van der Waals surface area contributed by atoms with E-state index in [0.29, 0.717) is 18.8 Å². The Kier molecular flexibility index (Phi) is 5.26. The highest BCUT2D eigenvalue weighted by Crippen LogP contribution is 2.24. The third-order valence-electron chi connectivity index (χ3n) is 4.28. The Morgan fingerprint density at radius 1 is 1.22 bits per heavy atom. The van der Waals surface area contributed by atoms with Gasteiger partial charge in [0.05, 0.1) is 17.8 Å². The molecule has 138 valence electrons. The molecule has 0 aromatic carbocycles. The number of thiophene rings is 1. The molecule has 3 aromatic rings. The van der Waals surface area contributed by atoms with Crippen molar-refractivity contribution >= 4 is 34.6 Å². The number of carbonyl (C=O) groups is 2. The molecule has 0 fully saturated rings. The van der Waals surface area contributed by atoms with Gasteiger partial charge in [-0.3, -0.25) is 14.6 Å². The van der Waals surface area contributed by atoms with Crippen LogP contribution in [0.1, 0.15) is 16.1 Å². The molecule has 0 bridgehead atoms. The van der Waals surface area contributed by atoms with Crippen molar-refractivity contribution in [3.63, 3.8) is 0 Å². The van der Waals surface area contributed by atoms with Gasteiger partial charge >= 0.3 is 5.97 Å². The van der Waals surface area contributed by atoms with Gasteiger partial charge in [-0.1, -0.05) is 6.07 Å². The van der Waals surface area contributed by atoms with E-state index in [1.54, 1.807) is 22.4 Å². The van der Waals surface area contributed by atoms with Crippen molar-refractivity contribution in [2.45, 2.75) is 19.4 Å². The predicted molar refractivity (Wildman–Crippen MR) is 103 cm³/mol. The number of hydrogen-bond acceptors (Lipinski definition) is 7. The minimum absolute atomic E-state index is 0.0469. The van der Waals surface area contributed by atoms with Gasteiger partial charge in [-0.15, -0.1) is 22.7 Å². The van der Waals surface area contributed by atoms with Crippen molar-refractivity contribution in [1.82, 2.24) is 14.9 Å². The number of rotatable bonds is 5. The van der Waals surface area contributed by atoms with Gasteiger partial charge in [-0.05, 0) is 35.6 Å². The number of esters is 1. The fraction of sp³-hybridized carbons (Fsp3) is 0.263. The van der Waals surface area contributed by atoms with Gasteiger partial charge in [0, 0.05) is 29.5 Å². The molecule has 1 amide bonds. The van der Waals surface area contributed by atoms with Gasteiger partial charge in [-0.25, -0.2) is 4.98 Å². The Labute approximate surface area is 164 Å². The minimum atomic E-state index is -0.450. The van der Waals surface area contributed by atoms with Crippen LogP contribution in [0.15, 0.2) is 41.2 Å². The zero-order valence-electron chi connectivity index (χ0n) is 14.5. The summed E-state index contributed by atoms with van der Waals surface area (Å²) in [5.41, 5.74) is 2.59. The molecule has 27 heavy (non-hydrogen) atoms. The van der Waals surface area contributed by atoms with Crippen LogP contribution in [0.5, 0.6) is 0 Å². The van der Waals surface area contributed by atoms with Crippen molar-refractivity contribution in [3.05, 3.63) is 57.4 Å². The first kappa shape index (κ1) is 17.8. The highest BCUT2D eigenvalue weighted by atomic mass is 32.1. The van der Waals surface area contributed by atoms with Crippen LogP contribution in [0.2, 0.25) is 0 Å². The number of fused-ring (bicyclic) bond motifs is 1. The molecule has 0 unspecified atom stereocenters. The average Bonchev–Trinajstić information content (AvgIpc) is 3.35. The van der Waals surface area contributed by atoms with Crippen LogP contribution in [-0.2, 0) is 33.7 Å². The second-order valence-electron chi connectivity index (χ2n) is 6.13. The van der Waals surface area contributed by atoms with E-state index in [1.807, 2.05) is 35.0 Å². The van der Waals surface area contributed by atoms with E-state index in [-0.39, 0.29) is 18.9 Å². The van der Waals surface area contributed by atoms with E-state index in [1.165, 1.54) is 21.8 Å². The summed E-state index contributed by atoms with van der Waals surface area (Å²) in [6, 6.07) is 7.65. The molecule has 1 aliphatic heterocycles. The van der Waals surface area contributed by atoms with Gasteiger partial charge in [0.1, 0.15) is 5.01 Å². The molecule has 0 saturated carbocycles. The number of carbonyl (C=O) groups excluding carboxylic acids is 2. The number of pyridine rings is 1. The summed E-state index contributed by atoms with van der Waals surface area (Å²) in [6.07, 6.45) is 2.61. The number of aromatic nitrogens is 2. The maximum atomic E-state index is 12.3. The van der Waals surface area contributed by atoms with E-state index >= 15 is 0 Å². The summed E-state index contributed by atoms with van der Waals surface area (Å²) in [6.45, 7) is 1.04. The van der Waals surface area contributed by atoms with Crippen molar-refractivity contribution in [2.24, 2.45) is 0 Å². The van der Waals surface area contributed by atoms with Crippen molar-refractivity contribution in [1.29, 1.82) is 0 Å². The third kappa shape index (κ3) is 4.23. The van der Waals surface area contributed by atoms with Crippen LogP contribution in [0.3, 0.4) is 0 Å². The molecule has 0 aliphatic carbocycles. The maximum Gasteiger partial charge on any atom is 0.312 e. The molecule has 0 atom stereocenters. The molecular weight excluding hydrogens is 382 g/mol. The number of amides is 1. The zero-order valence-corrected chi connectivity index (χ0v) is 16.1. The quantitative estimate of drug-likeness (QED) is 0.617. The van der Waals surface area contributed by atoms with Crippen molar-refractivity contribution in [3.8, 4) is 10.7 Å². The maximum absolute atomic E-state index is 12.3. The second kappa shape index (κ2) is 7.98. The Balaban J connectivity index is 1.28. The van der Waals surface area contributed by atoms with Crippen molar-refractivity contribution in [2.75, 3.05) is 13.2 Å². The highest BCUT2D eigenvalue weighted by Gasteiger charge is 2.22. The first-order valence-electron chi connectivity index (χ1n) is 8.53. The molecule has 3 aromatic heterocycles. The fourth-order valence-corrected chi connectivity index (χ4v) is 4.57. The SMILES string of the molecule is O=C(Cc1csc(-c2ccccn2)n1)OCC(=O)N1CCc2sccc2C1. The number of thiazole rings is 1. The molecular formula is C19H17N3O3S2. The van der Waals surface area contributed by atoms with Gasteiger partial charge in [0.15, 0.2) is 6.61 Å². The molecule has 1 aliphatic rings. The monoisotopic (exact) mass is 399 g/mol. The van der Waals surface area contributed by atoms with Gasteiger partial charge in [0.25, 0.3) is 5.91 Å².